The lowest BCUT2D eigenvalue weighted by Crippen LogP contribution is -2.45. The van der Waals surface area contributed by atoms with Crippen LogP contribution >= 0.6 is 0 Å². The highest BCUT2D eigenvalue weighted by molar-refractivity contribution is 7.92. The number of nitrogens with one attached hydrogen (secondary N) is 1. The minimum atomic E-state index is -4.82. The lowest BCUT2D eigenvalue weighted by molar-refractivity contribution is -0.274. The lowest BCUT2D eigenvalue weighted by Gasteiger charge is -2.29. The first kappa shape index (κ1) is 22.5. The number of ether oxygens (including phenoxy) is 1. The molecule has 0 spiro atoms. The van der Waals surface area contributed by atoms with E-state index in [4.69, 9.17) is 0 Å². The Bertz CT molecular complexity index is 990. The second kappa shape index (κ2) is 8.32. The molecule has 2 aromatic rings. The summed E-state index contributed by atoms with van der Waals surface area (Å²) in [6.07, 6.45) is -3.82. The first-order valence-corrected chi connectivity index (χ1v) is 10.4. The summed E-state index contributed by atoms with van der Waals surface area (Å²) in [5, 5.41) is 2.51. The molecule has 0 bridgehead atoms. The van der Waals surface area contributed by atoms with Gasteiger partial charge >= 0.3 is 6.36 Å². The van der Waals surface area contributed by atoms with Gasteiger partial charge in [0.1, 0.15) is 11.8 Å². The summed E-state index contributed by atoms with van der Waals surface area (Å²) in [6, 6.07) is 8.71. The van der Waals surface area contributed by atoms with Gasteiger partial charge in [-0.2, -0.15) is 0 Å². The molecule has 1 amide bonds. The van der Waals surface area contributed by atoms with E-state index in [1.807, 2.05) is 6.07 Å². The molecule has 0 saturated carbocycles. The fourth-order valence-corrected chi connectivity index (χ4v) is 3.95. The van der Waals surface area contributed by atoms with E-state index in [0.717, 1.165) is 28.3 Å². The van der Waals surface area contributed by atoms with Crippen molar-refractivity contribution in [2.24, 2.45) is 0 Å². The van der Waals surface area contributed by atoms with Crippen molar-refractivity contribution in [3.8, 4) is 5.75 Å². The largest absolute Gasteiger partial charge is 0.573 e. The molecule has 1 atom stereocenters. The Morgan fingerprint density at radius 3 is 2.21 bits per heavy atom. The Balaban J connectivity index is 2.25. The summed E-state index contributed by atoms with van der Waals surface area (Å²) >= 11 is 0. The highest BCUT2D eigenvalue weighted by Gasteiger charge is 2.32. The third-order valence-electron chi connectivity index (χ3n) is 4.05. The maximum Gasteiger partial charge on any atom is 0.573 e. The number of alkyl halides is 3. The first-order chi connectivity index (χ1) is 13.3. The third-order valence-corrected chi connectivity index (χ3v) is 5.27. The van der Waals surface area contributed by atoms with Crippen LogP contribution in [0.5, 0.6) is 5.75 Å². The van der Waals surface area contributed by atoms with Crippen LogP contribution in [0.15, 0.2) is 42.5 Å². The number of halogens is 3. The van der Waals surface area contributed by atoms with E-state index in [0.29, 0.717) is 11.3 Å². The normalized spacial score (nSPS) is 12.9. The quantitative estimate of drug-likeness (QED) is 0.752. The van der Waals surface area contributed by atoms with Crippen LogP contribution in [0.3, 0.4) is 0 Å². The maximum atomic E-state index is 12.7. The van der Waals surface area contributed by atoms with Crippen molar-refractivity contribution in [1.82, 2.24) is 0 Å². The van der Waals surface area contributed by atoms with Gasteiger partial charge in [-0.25, -0.2) is 8.42 Å². The Morgan fingerprint density at radius 2 is 1.69 bits per heavy atom. The standard InChI is InChI=1S/C19H21F3N2O4S/c1-12-5-6-13(2)17(11-12)24(29(4,26)27)14(3)18(25)23-15-7-9-16(10-8-15)28-19(20,21)22/h5-11,14H,1-4H3,(H,23,25)/t14-/m0/s1. The topological polar surface area (TPSA) is 75.7 Å². The fourth-order valence-electron chi connectivity index (χ4n) is 2.72. The van der Waals surface area contributed by atoms with Gasteiger partial charge in [0, 0.05) is 5.69 Å². The van der Waals surface area contributed by atoms with E-state index in [1.54, 1.807) is 26.0 Å². The smallest absolute Gasteiger partial charge is 0.406 e. The molecular weight excluding hydrogens is 409 g/mol. The van der Waals surface area contributed by atoms with Gasteiger partial charge in [-0.15, -0.1) is 13.2 Å². The number of benzene rings is 2. The zero-order valence-electron chi connectivity index (χ0n) is 16.2. The van der Waals surface area contributed by atoms with Crippen molar-refractivity contribution in [2.45, 2.75) is 33.2 Å². The van der Waals surface area contributed by atoms with Crippen molar-refractivity contribution in [2.75, 3.05) is 15.9 Å². The molecule has 0 radical (unpaired) electrons. The van der Waals surface area contributed by atoms with E-state index in [1.165, 1.54) is 19.1 Å². The molecule has 10 heteroatoms. The summed E-state index contributed by atoms with van der Waals surface area (Å²) in [6.45, 7) is 4.97. The van der Waals surface area contributed by atoms with Gasteiger partial charge in [-0.1, -0.05) is 12.1 Å². The number of carbonyl (C=O) groups is 1. The van der Waals surface area contributed by atoms with Crippen molar-refractivity contribution < 1.29 is 31.1 Å². The number of hydrogen-bond acceptors (Lipinski definition) is 4. The van der Waals surface area contributed by atoms with E-state index in [2.05, 4.69) is 10.1 Å². The molecule has 0 fully saturated rings. The summed E-state index contributed by atoms with van der Waals surface area (Å²) < 4.78 is 66.3. The summed E-state index contributed by atoms with van der Waals surface area (Å²) in [5.74, 6) is -1.07. The number of aryl methyl sites for hydroxylation is 2. The molecule has 0 aromatic heterocycles. The molecular formula is C19H21F3N2O4S. The second-order valence-corrected chi connectivity index (χ2v) is 8.45. The van der Waals surface area contributed by atoms with Crippen LogP contribution in [0.4, 0.5) is 24.5 Å². The van der Waals surface area contributed by atoms with Crippen molar-refractivity contribution in [1.29, 1.82) is 0 Å². The van der Waals surface area contributed by atoms with Gasteiger partial charge in [-0.3, -0.25) is 9.10 Å². The van der Waals surface area contributed by atoms with Gasteiger partial charge in [0.25, 0.3) is 0 Å². The fraction of sp³-hybridized carbons (Fsp3) is 0.316. The lowest BCUT2D eigenvalue weighted by atomic mass is 10.1. The van der Waals surface area contributed by atoms with Crippen LogP contribution in [0.1, 0.15) is 18.1 Å². The SMILES string of the molecule is Cc1ccc(C)c(N([C@@H](C)C(=O)Nc2ccc(OC(F)(F)F)cc2)S(C)(=O)=O)c1. The monoisotopic (exact) mass is 430 g/mol. The number of nitrogens with zero attached hydrogens (tertiary/aromatic N) is 1. The summed E-state index contributed by atoms with van der Waals surface area (Å²) in [4.78, 5) is 12.7. The molecule has 0 aliphatic heterocycles. The summed E-state index contributed by atoms with van der Waals surface area (Å²) in [7, 11) is -3.79. The van der Waals surface area contributed by atoms with Gasteiger partial charge < -0.3 is 10.1 Å². The highest BCUT2D eigenvalue weighted by atomic mass is 32.2. The molecule has 158 valence electrons. The maximum absolute atomic E-state index is 12.7. The highest BCUT2D eigenvalue weighted by Crippen LogP contribution is 2.27. The van der Waals surface area contributed by atoms with Gasteiger partial charge in [0.05, 0.1) is 11.9 Å². The van der Waals surface area contributed by atoms with Crippen LogP contribution in [0.2, 0.25) is 0 Å². The molecule has 0 aliphatic rings. The zero-order valence-corrected chi connectivity index (χ0v) is 17.1. The van der Waals surface area contributed by atoms with E-state index in [-0.39, 0.29) is 5.69 Å². The predicted octanol–water partition coefficient (Wildman–Crippen LogP) is 4.00. The second-order valence-electron chi connectivity index (χ2n) is 6.59. The van der Waals surface area contributed by atoms with E-state index < -0.39 is 34.1 Å². The molecule has 2 rings (SSSR count). The number of carbonyl (C=O) groups excluding carboxylic acids is 1. The minimum absolute atomic E-state index is 0.200. The van der Waals surface area contributed by atoms with Crippen LogP contribution in [0, 0.1) is 13.8 Å². The third kappa shape index (κ3) is 6.11. The average molecular weight is 430 g/mol. The molecule has 6 nitrogen and oxygen atoms in total. The Kier molecular flexibility index (Phi) is 6.46. The van der Waals surface area contributed by atoms with Crippen LogP contribution in [-0.2, 0) is 14.8 Å². The van der Waals surface area contributed by atoms with Crippen LogP contribution in [-0.4, -0.2) is 33.0 Å². The van der Waals surface area contributed by atoms with Gasteiger partial charge in [0.15, 0.2) is 0 Å². The molecule has 0 saturated heterocycles. The number of hydrogen-bond donors (Lipinski definition) is 1. The Hall–Kier alpha value is -2.75. The van der Waals surface area contributed by atoms with Crippen LogP contribution < -0.4 is 14.4 Å². The molecule has 0 aliphatic carbocycles. The number of anilines is 2. The Morgan fingerprint density at radius 1 is 1.10 bits per heavy atom. The van der Waals surface area contributed by atoms with Gasteiger partial charge in [0.2, 0.25) is 15.9 Å². The summed E-state index contributed by atoms with van der Waals surface area (Å²) in [5.41, 5.74) is 2.08. The zero-order chi connectivity index (χ0) is 22.0. The van der Waals surface area contributed by atoms with Gasteiger partial charge in [-0.05, 0) is 62.2 Å². The number of sulfonamides is 1. The first-order valence-electron chi connectivity index (χ1n) is 8.51. The molecule has 0 unspecified atom stereocenters. The predicted molar refractivity (Wildman–Crippen MR) is 104 cm³/mol. The van der Waals surface area contributed by atoms with Crippen molar-refractivity contribution >= 4 is 27.3 Å². The average Bonchev–Trinajstić information content (AvgIpc) is 2.57. The van der Waals surface area contributed by atoms with Crippen molar-refractivity contribution in [3.63, 3.8) is 0 Å². The Labute approximate surface area is 167 Å². The number of amides is 1. The number of rotatable bonds is 6. The van der Waals surface area contributed by atoms with Crippen LogP contribution in [0.25, 0.3) is 0 Å². The minimum Gasteiger partial charge on any atom is -0.406 e. The van der Waals surface area contributed by atoms with E-state index >= 15 is 0 Å². The molecule has 29 heavy (non-hydrogen) atoms. The molecule has 1 N–H and O–H groups in total. The molecule has 0 heterocycles. The van der Waals surface area contributed by atoms with E-state index in [9.17, 15) is 26.4 Å². The molecule has 2 aromatic carbocycles. The van der Waals surface area contributed by atoms with Crippen molar-refractivity contribution in [3.05, 3.63) is 53.6 Å².